The molecule has 4 rings (SSSR count). The largest absolute Gasteiger partial charge is 0.441 e. The second-order valence-electron chi connectivity index (χ2n) is 7.05. The van der Waals surface area contributed by atoms with Crippen LogP contribution in [0.25, 0.3) is 11.5 Å². The first kappa shape index (κ1) is 17.2. The highest BCUT2D eigenvalue weighted by atomic mass is 19.1. The Morgan fingerprint density at radius 2 is 2.04 bits per heavy atom. The summed E-state index contributed by atoms with van der Waals surface area (Å²) in [5.74, 6) is 0.822. The molecule has 0 radical (unpaired) electrons. The van der Waals surface area contributed by atoms with Crippen molar-refractivity contribution in [1.29, 1.82) is 0 Å². The summed E-state index contributed by atoms with van der Waals surface area (Å²) in [5.41, 5.74) is 1.35. The topological polar surface area (TPSA) is 55.6 Å². The third kappa shape index (κ3) is 3.38. The van der Waals surface area contributed by atoms with Gasteiger partial charge in [-0.1, -0.05) is 12.8 Å². The van der Waals surface area contributed by atoms with Crippen molar-refractivity contribution >= 4 is 5.91 Å². The van der Waals surface area contributed by atoms with Crippen LogP contribution in [-0.2, 0) is 16.0 Å². The van der Waals surface area contributed by atoms with Crippen LogP contribution in [0.1, 0.15) is 37.1 Å². The van der Waals surface area contributed by atoms with Crippen LogP contribution in [0.4, 0.5) is 4.39 Å². The number of hydrogen-bond donors (Lipinski definition) is 0. The molecule has 2 aliphatic rings. The number of aromatic nitrogens is 1. The van der Waals surface area contributed by atoms with Crippen LogP contribution >= 0.6 is 0 Å². The van der Waals surface area contributed by atoms with Crippen molar-refractivity contribution in [3.8, 4) is 11.5 Å². The van der Waals surface area contributed by atoms with Crippen LogP contribution in [0.3, 0.4) is 0 Å². The average molecular weight is 358 g/mol. The summed E-state index contributed by atoms with van der Waals surface area (Å²) in [6.07, 6.45) is 4.76. The summed E-state index contributed by atoms with van der Waals surface area (Å²) < 4.78 is 24.6. The minimum Gasteiger partial charge on any atom is -0.441 e. The monoisotopic (exact) mass is 358 g/mol. The molecular weight excluding hydrogens is 335 g/mol. The molecule has 1 saturated carbocycles. The van der Waals surface area contributed by atoms with Crippen LogP contribution in [0.2, 0.25) is 0 Å². The van der Waals surface area contributed by atoms with Crippen molar-refractivity contribution in [3.05, 3.63) is 41.5 Å². The lowest BCUT2D eigenvalue weighted by atomic mass is 9.90. The van der Waals surface area contributed by atoms with Crippen molar-refractivity contribution in [2.45, 2.75) is 51.2 Å². The molecule has 1 amide bonds. The minimum atomic E-state index is -0.304. The Morgan fingerprint density at radius 1 is 1.27 bits per heavy atom. The number of aryl methyl sites for hydroxylation is 1. The molecule has 0 bridgehead atoms. The minimum absolute atomic E-state index is 0.0762. The van der Waals surface area contributed by atoms with Crippen molar-refractivity contribution in [3.63, 3.8) is 0 Å². The smallest absolute Gasteiger partial charge is 0.229 e. The van der Waals surface area contributed by atoms with E-state index < -0.39 is 0 Å². The normalized spacial score (nSPS) is 22.9. The molecule has 2 atom stereocenters. The van der Waals surface area contributed by atoms with Gasteiger partial charge in [0.15, 0.2) is 0 Å². The van der Waals surface area contributed by atoms with E-state index in [9.17, 15) is 9.18 Å². The summed E-state index contributed by atoms with van der Waals surface area (Å²) in [4.78, 5) is 19.4. The van der Waals surface area contributed by atoms with Crippen molar-refractivity contribution < 1.29 is 18.3 Å². The maximum Gasteiger partial charge on any atom is 0.229 e. The second-order valence-corrected chi connectivity index (χ2v) is 7.05. The van der Waals surface area contributed by atoms with E-state index in [1.165, 1.54) is 18.6 Å². The quantitative estimate of drug-likeness (QED) is 0.843. The first-order valence-electron chi connectivity index (χ1n) is 9.25. The van der Waals surface area contributed by atoms with E-state index >= 15 is 0 Å². The van der Waals surface area contributed by atoms with Gasteiger partial charge < -0.3 is 14.1 Å². The van der Waals surface area contributed by atoms with Crippen molar-refractivity contribution in [2.24, 2.45) is 0 Å². The van der Waals surface area contributed by atoms with Gasteiger partial charge in [-0.25, -0.2) is 9.37 Å². The van der Waals surface area contributed by atoms with E-state index in [4.69, 9.17) is 9.15 Å². The Kier molecular flexibility index (Phi) is 4.76. The lowest BCUT2D eigenvalue weighted by molar-refractivity contribution is -0.148. The van der Waals surface area contributed by atoms with Crippen LogP contribution < -0.4 is 0 Å². The van der Waals surface area contributed by atoms with Gasteiger partial charge in [0.25, 0.3) is 0 Å². The first-order valence-corrected chi connectivity index (χ1v) is 9.25. The number of amides is 1. The molecule has 1 aromatic heterocycles. The molecule has 6 heteroatoms. The second kappa shape index (κ2) is 7.19. The summed E-state index contributed by atoms with van der Waals surface area (Å²) in [7, 11) is 0. The molecule has 1 aromatic carbocycles. The van der Waals surface area contributed by atoms with Crippen molar-refractivity contribution in [1.82, 2.24) is 9.88 Å². The molecule has 5 nitrogen and oxygen atoms in total. The molecule has 2 heterocycles. The van der Waals surface area contributed by atoms with E-state index in [0.717, 1.165) is 19.3 Å². The third-order valence-electron chi connectivity index (χ3n) is 5.35. The van der Waals surface area contributed by atoms with Gasteiger partial charge in [0, 0.05) is 12.1 Å². The van der Waals surface area contributed by atoms with Gasteiger partial charge in [0.05, 0.1) is 30.9 Å². The number of halogens is 1. The Labute approximate surface area is 152 Å². The Hall–Kier alpha value is -2.21. The van der Waals surface area contributed by atoms with Gasteiger partial charge in [0.1, 0.15) is 11.6 Å². The lowest BCUT2D eigenvalue weighted by Crippen LogP contribution is -2.55. The van der Waals surface area contributed by atoms with Crippen LogP contribution in [0.5, 0.6) is 0 Å². The highest BCUT2D eigenvalue weighted by molar-refractivity contribution is 5.79. The Morgan fingerprint density at radius 3 is 2.85 bits per heavy atom. The number of benzene rings is 1. The van der Waals surface area contributed by atoms with Gasteiger partial charge >= 0.3 is 0 Å². The summed E-state index contributed by atoms with van der Waals surface area (Å²) in [6.45, 7) is 3.05. The van der Waals surface area contributed by atoms with Crippen LogP contribution in [-0.4, -0.2) is 41.1 Å². The molecular formula is C20H23FN2O3. The molecule has 26 heavy (non-hydrogen) atoms. The molecule has 1 saturated heterocycles. The number of hydrogen-bond acceptors (Lipinski definition) is 4. The predicted molar refractivity (Wildman–Crippen MR) is 94.0 cm³/mol. The van der Waals surface area contributed by atoms with Gasteiger partial charge in [-0.2, -0.15) is 0 Å². The SMILES string of the molecule is Cc1oc(-c2ccc(F)cc2)nc1CC(=O)N1CCOC2CCCCC21. The van der Waals surface area contributed by atoms with E-state index in [1.54, 1.807) is 12.1 Å². The number of ether oxygens (including phenoxy) is 1. The number of rotatable bonds is 3. The van der Waals surface area contributed by atoms with Crippen LogP contribution in [0.15, 0.2) is 28.7 Å². The van der Waals surface area contributed by atoms with E-state index in [2.05, 4.69) is 4.98 Å². The summed E-state index contributed by atoms with van der Waals surface area (Å²) >= 11 is 0. The maximum absolute atomic E-state index is 13.1. The van der Waals surface area contributed by atoms with Gasteiger partial charge in [-0.15, -0.1) is 0 Å². The summed E-state index contributed by atoms with van der Waals surface area (Å²) in [5, 5.41) is 0. The lowest BCUT2D eigenvalue weighted by Gasteiger charge is -2.43. The molecule has 138 valence electrons. The number of oxazole rings is 1. The number of carbonyl (C=O) groups excluding carboxylic acids is 1. The number of fused-ring (bicyclic) bond motifs is 1. The predicted octanol–water partition coefficient (Wildman–Crippen LogP) is 3.50. The number of nitrogens with zero attached hydrogens (tertiary/aromatic N) is 2. The fourth-order valence-corrected chi connectivity index (χ4v) is 3.96. The average Bonchev–Trinajstić information content (AvgIpc) is 3.02. The number of morpholine rings is 1. The number of carbonyl (C=O) groups is 1. The molecule has 0 N–H and O–H groups in total. The zero-order valence-corrected chi connectivity index (χ0v) is 14.9. The standard InChI is InChI=1S/C20H23FN2O3/c1-13-16(22-20(26-13)14-6-8-15(21)9-7-14)12-19(24)23-10-11-25-18-5-3-2-4-17(18)23/h6-9,17-18H,2-5,10-12H2,1H3. The third-order valence-corrected chi connectivity index (χ3v) is 5.35. The molecule has 1 aliphatic heterocycles. The van der Waals surface area contributed by atoms with E-state index in [1.807, 2.05) is 11.8 Å². The highest BCUT2D eigenvalue weighted by Crippen LogP contribution is 2.29. The molecule has 2 aromatic rings. The van der Waals surface area contributed by atoms with E-state index in [0.29, 0.717) is 36.1 Å². The molecule has 0 spiro atoms. The van der Waals surface area contributed by atoms with Gasteiger partial charge in [-0.3, -0.25) is 4.79 Å². The van der Waals surface area contributed by atoms with E-state index in [-0.39, 0.29) is 30.3 Å². The van der Waals surface area contributed by atoms with Gasteiger partial charge in [0.2, 0.25) is 11.8 Å². The Bertz CT molecular complexity index is 785. The fourth-order valence-electron chi connectivity index (χ4n) is 3.96. The first-order chi connectivity index (χ1) is 12.6. The van der Waals surface area contributed by atoms with Crippen molar-refractivity contribution in [2.75, 3.05) is 13.2 Å². The van der Waals surface area contributed by atoms with Gasteiger partial charge in [-0.05, 0) is 44.0 Å². The highest BCUT2D eigenvalue weighted by Gasteiger charge is 2.36. The molecule has 2 fully saturated rings. The summed E-state index contributed by atoms with van der Waals surface area (Å²) in [6, 6.07) is 6.18. The molecule has 1 aliphatic carbocycles. The zero-order valence-electron chi connectivity index (χ0n) is 14.9. The Balaban J connectivity index is 1.50. The zero-order chi connectivity index (χ0) is 18.1. The van der Waals surface area contributed by atoms with Crippen LogP contribution in [0, 0.1) is 12.7 Å². The maximum atomic E-state index is 13.1. The fraction of sp³-hybridized carbons (Fsp3) is 0.500. The molecule has 2 unspecified atom stereocenters.